The third kappa shape index (κ3) is 6.86. The second-order valence-corrected chi connectivity index (χ2v) is 10.1. The van der Waals surface area contributed by atoms with Gasteiger partial charge < -0.3 is 4.74 Å². The molecule has 184 valence electrons. The van der Waals surface area contributed by atoms with Crippen LogP contribution in [0.15, 0.2) is 78.0 Å². The number of carbonyl (C=O) groups is 1. The summed E-state index contributed by atoms with van der Waals surface area (Å²) in [6.07, 6.45) is 1.48. The van der Waals surface area contributed by atoms with Crippen molar-refractivity contribution >= 4 is 35.0 Å². The Bertz CT molecular complexity index is 1370. The second kappa shape index (κ2) is 12.1. The molecule has 0 bridgehead atoms. The third-order valence-corrected chi connectivity index (χ3v) is 7.29. The first kappa shape index (κ1) is 25.7. The predicted molar refractivity (Wildman–Crippen MR) is 141 cm³/mol. The van der Waals surface area contributed by atoms with E-state index in [1.54, 1.807) is 26.2 Å². The molecule has 0 unspecified atom stereocenters. The lowest BCUT2D eigenvalue weighted by Crippen LogP contribution is -1.98. The number of nitrogens with zero attached hydrogens (tertiary/aromatic N) is 2. The Hall–Kier alpha value is -3.36. The number of alkyl halides is 2. The van der Waals surface area contributed by atoms with E-state index in [9.17, 15) is 13.6 Å². The molecule has 36 heavy (non-hydrogen) atoms. The van der Waals surface area contributed by atoms with Crippen LogP contribution in [-0.4, -0.2) is 22.9 Å². The van der Waals surface area contributed by atoms with Crippen LogP contribution in [0.25, 0.3) is 6.08 Å². The van der Waals surface area contributed by atoms with E-state index in [0.29, 0.717) is 22.1 Å². The number of aromatic nitrogens is 2. The first-order valence-electron chi connectivity index (χ1n) is 11.2. The standard InChI is InChI=1S/C28H24F2N2O2S2/c1-18-14-23(27(29)30)32-28(31-18)35-17-21-15-20(9-12-25(21)34-2)8-11-24(33)26-13-10-22(36-26)16-19-6-4-3-5-7-19/h3-15,27H,16-17H2,1-2H3/b11-8+. The van der Waals surface area contributed by atoms with Crippen LogP contribution in [0.2, 0.25) is 0 Å². The van der Waals surface area contributed by atoms with Gasteiger partial charge in [0, 0.05) is 28.3 Å². The molecule has 8 heteroatoms. The lowest BCUT2D eigenvalue weighted by Gasteiger charge is -2.10. The van der Waals surface area contributed by atoms with E-state index in [2.05, 4.69) is 22.1 Å². The SMILES string of the molecule is COc1ccc(/C=C/C(=O)c2ccc(Cc3ccccc3)s2)cc1CSc1nc(C)cc(C(F)F)n1. The highest BCUT2D eigenvalue weighted by Gasteiger charge is 2.13. The van der Waals surface area contributed by atoms with Crippen molar-refractivity contribution in [1.29, 1.82) is 0 Å². The molecule has 4 aromatic rings. The zero-order valence-corrected chi connectivity index (χ0v) is 21.4. The maximum Gasteiger partial charge on any atom is 0.280 e. The van der Waals surface area contributed by atoms with E-state index in [-0.39, 0.29) is 16.6 Å². The van der Waals surface area contributed by atoms with E-state index in [1.165, 1.54) is 34.7 Å². The van der Waals surface area contributed by atoms with Crippen molar-refractivity contribution in [2.75, 3.05) is 7.11 Å². The van der Waals surface area contributed by atoms with Gasteiger partial charge in [-0.15, -0.1) is 11.3 Å². The van der Waals surface area contributed by atoms with Gasteiger partial charge in [-0.3, -0.25) is 4.79 Å². The predicted octanol–water partition coefficient (Wildman–Crippen LogP) is 7.57. The molecule has 0 radical (unpaired) electrons. The van der Waals surface area contributed by atoms with Crippen molar-refractivity contribution in [3.8, 4) is 5.75 Å². The van der Waals surface area contributed by atoms with E-state index in [4.69, 9.17) is 4.74 Å². The summed E-state index contributed by atoms with van der Waals surface area (Å²) in [7, 11) is 1.57. The molecule has 0 amide bonds. The summed E-state index contributed by atoms with van der Waals surface area (Å²) in [5.41, 5.74) is 3.10. The molecule has 2 heterocycles. The van der Waals surface area contributed by atoms with Crippen molar-refractivity contribution in [2.45, 2.75) is 30.7 Å². The van der Waals surface area contributed by atoms with Crippen molar-refractivity contribution in [3.05, 3.63) is 111 Å². The normalized spacial score (nSPS) is 11.4. The highest BCUT2D eigenvalue weighted by atomic mass is 32.2. The number of ether oxygens (including phenoxy) is 1. The number of carbonyl (C=O) groups excluding carboxylic acids is 1. The van der Waals surface area contributed by atoms with Gasteiger partial charge in [0.1, 0.15) is 11.4 Å². The van der Waals surface area contributed by atoms with Crippen LogP contribution in [0.4, 0.5) is 8.78 Å². The monoisotopic (exact) mass is 522 g/mol. The quantitative estimate of drug-likeness (QED) is 0.0930. The van der Waals surface area contributed by atoms with Crippen LogP contribution in [0.3, 0.4) is 0 Å². The van der Waals surface area contributed by atoms with E-state index in [0.717, 1.165) is 22.4 Å². The van der Waals surface area contributed by atoms with Gasteiger partial charge in [0.15, 0.2) is 10.9 Å². The fourth-order valence-corrected chi connectivity index (χ4v) is 5.41. The average molecular weight is 523 g/mol. The maximum atomic E-state index is 13.1. The Kier molecular flexibility index (Phi) is 8.61. The Morgan fingerprint density at radius 2 is 1.89 bits per heavy atom. The van der Waals surface area contributed by atoms with E-state index < -0.39 is 6.43 Å². The number of rotatable bonds is 10. The lowest BCUT2D eigenvalue weighted by atomic mass is 10.1. The molecule has 0 saturated heterocycles. The number of hydrogen-bond donors (Lipinski definition) is 0. The molecule has 0 spiro atoms. The molecule has 4 nitrogen and oxygen atoms in total. The molecule has 0 aliphatic carbocycles. The summed E-state index contributed by atoms with van der Waals surface area (Å²) in [4.78, 5) is 22.8. The van der Waals surface area contributed by atoms with Gasteiger partial charge in [0.25, 0.3) is 6.43 Å². The molecule has 0 N–H and O–H groups in total. The van der Waals surface area contributed by atoms with Crippen LogP contribution in [0.1, 0.15) is 49.1 Å². The zero-order chi connectivity index (χ0) is 25.5. The maximum absolute atomic E-state index is 13.1. The van der Waals surface area contributed by atoms with Crippen molar-refractivity contribution in [1.82, 2.24) is 9.97 Å². The van der Waals surface area contributed by atoms with E-state index >= 15 is 0 Å². The van der Waals surface area contributed by atoms with Crippen LogP contribution >= 0.6 is 23.1 Å². The summed E-state index contributed by atoms with van der Waals surface area (Å²) in [5.74, 6) is 1.04. The largest absolute Gasteiger partial charge is 0.496 e. The van der Waals surface area contributed by atoms with Crippen molar-refractivity contribution in [3.63, 3.8) is 0 Å². The van der Waals surface area contributed by atoms with Gasteiger partial charge in [-0.2, -0.15) is 0 Å². The summed E-state index contributed by atoms with van der Waals surface area (Å²) in [6, 6.07) is 20.9. The van der Waals surface area contributed by atoms with Crippen LogP contribution < -0.4 is 4.74 Å². The Morgan fingerprint density at radius 1 is 1.08 bits per heavy atom. The van der Waals surface area contributed by atoms with Gasteiger partial charge in [-0.05, 0) is 54.5 Å². The topological polar surface area (TPSA) is 52.1 Å². The van der Waals surface area contributed by atoms with E-state index in [1.807, 2.05) is 48.5 Å². The Labute approximate surface area is 217 Å². The number of hydrogen-bond acceptors (Lipinski definition) is 6. The summed E-state index contributed by atoms with van der Waals surface area (Å²) >= 11 is 2.76. The van der Waals surface area contributed by atoms with Crippen LogP contribution in [-0.2, 0) is 12.2 Å². The average Bonchev–Trinajstić information content (AvgIpc) is 3.35. The molecule has 0 aliphatic heterocycles. The molecule has 2 aromatic heterocycles. The van der Waals surface area contributed by atoms with Crippen molar-refractivity contribution in [2.24, 2.45) is 0 Å². The van der Waals surface area contributed by atoms with Gasteiger partial charge in [0.2, 0.25) is 0 Å². The number of ketones is 1. The highest BCUT2D eigenvalue weighted by molar-refractivity contribution is 7.98. The smallest absolute Gasteiger partial charge is 0.280 e. The first-order valence-corrected chi connectivity index (χ1v) is 13.0. The lowest BCUT2D eigenvalue weighted by molar-refractivity contribution is 0.105. The molecular weight excluding hydrogens is 498 g/mol. The zero-order valence-electron chi connectivity index (χ0n) is 19.8. The van der Waals surface area contributed by atoms with Crippen LogP contribution in [0.5, 0.6) is 5.75 Å². The molecule has 0 fully saturated rings. The summed E-state index contributed by atoms with van der Waals surface area (Å²) < 4.78 is 31.6. The summed E-state index contributed by atoms with van der Waals surface area (Å²) in [5, 5.41) is 0.285. The Balaban J connectivity index is 1.44. The number of allylic oxidation sites excluding steroid dienone is 1. The minimum Gasteiger partial charge on any atom is -0.496 e. The van der Waals surface area contributed by atoms with Gasteiger partial charge in [0.05, 0.1) is 12.0 Å². The highest BCUT2D eigenvalue weighted by Crippen LogP contribution is 2.29. The fraction of sp³-hybridized carbons (Fsp3) is 0.179. The number of aryl methyl sites for hydroxylation is 1. The third-order valence-electron chi connectivity index (χ3n) is 5.29. The molecule has 0 atom stereocenters. The summed E-state index contributed by atoms with van der Waals surface area (Å²) in [6.45, 7) is 1.67. The minimum atomic E-state index is -2.65. The van der Waals surface area contributed by atoms with Gasteiger partial charge >= 0.3 is 0 Å². The molecule has 2 aromatic carbocycles. The fourth-order valence-electron chi connectivity index (χ4n) is 3.55. The number of thiophene rings is 1. The second-order valence-electron chi connectivity index (χ2n) is 8.00. The number of halogens is 2. The Morgan fingerprint density at radius 3 is 2.64 bits per heavy atom. The number of thioether (sulfide) groups is 1. The van der Waals surface area contributed by atoms with Crippen LogP contribution in [0, 0.1) is 6.92 Å². The molecule has 4 rings (SSSR count). The van der Waals surface area contributed by atoms with Gasteiger partial charge in [-0.1, -0.05) is 54.2 Å². The minimum absolute atomic E-state index is 0.0567. The molecule has 0 saturated carbocycles. The number of benzene rings is 2. The van der Waals surface area contributed by atoms with Crippen molar-refractivity contribution < 1.29 is 18.3 Å². The molecule has 0 aliphatic rings. The molecular formula is C28H24F2N2O2S2. The first-order chi connectivity index (χ1) is 17.4. The van der Waals surface area contributed by atoms with Gasteiger partial charge in [-0.25, -0.2) is 18.7 Å². The number of methoxy groups -OCH3 is 1.